The molecule has 3 unspecified atom stereocenters. The zero-order valence-electron chi connectivity index (χ0n) is 26.7. The smallest absolute Gasteiger partial charge is 0.180 e. The molecule has 0 aliphatic heterocycles. The summed E-state index contributed by atoms with van der Waals surface area (Å²) in [5.41, 5.74) is 21.4. The Balaban J connectivity index is 0.000000148. The number of fused-ring (bicyclic) bond motifs is 3. The van der Waals surface area contributed by atoms with Gasteiger partial charge < -0.3 is 21.9 Å². The van der Waals surface area contributed by atoms with Crippen LogP contribution in [0.2, 0.25) is 0 Å². The fraction of sp³-hybridized carbons (Fsp3) is 0.719. The van der Waals surface area contributed by atoms with Crippen LogP contribution in [0.15, 0.2) is 0 Å². The molecule has 240 valence electrons. The zero-order chi connectivity index (χ0) is 31.0. The van der Waals surface area contributed by atoms with Gasteiger partial charge in [0.1, 0.15) is 0 Å². The van der Waals surface area contributed by atoms with Crippen LogP contribution >= 0.6 is 45.8 Å². The molecule has 0 aromatic carbocycles. The highest BCUT2D eigenvalue weighted by molar-refractivity contribution is 7.99. The van der Waals surface area contributed by atoms with Gasteiger partial charge in [-0.2, -0.15) is 11.8 Å². The number of hydrogen-bond donors (Lipinski definition) is 3. The van der Waals surface area contributed by atoms with Crippen molar-refractivity contribution in [1.29, 1.82) is 0 Å². The third-order valence-corrected chi connectivity index (χ3v) is 13.4. The predicted molar refractivity (Wildman–Crippen MR) is 190 cm³/mol. The van der Waals surface area contributed by atoms with Crippen molar-refractivity contribution < 1.29 is 4.74 Å². The maximum absolute atomic E-state index is 5.86. The summed E-state index contributed by atoms with van der Waals surface area (Å²) in [6, 6.07) is 0. The summed E-state index contributed by atoms with van der Waals surface area (Å²) in [6.45, 7) is 12.0. The van der Waals surface area contributed by atoms with Crippen molar-refractivity contribution in [2.45, 2.75) is 123 Å². The lowest BCUT2D eigenvalue weighted by Gasteiger charge is -2.34. The second-order valence-electron chi connectivity index (χ2n) is 12.2. The topological polar surface area (TPSA) is 126 Å². The SMILES string of the molecule is CCC1(CC)CCc2sc(N)nc2C1.CCCOC1CC(C)Cc2nc(N)sc21.CCCSC1CCc2sc(N)nc2C1. The van der Waals surface area contributed by atoms with Gasteiger partial charge in [0.15, 0.2) is 15.4 Å². The van der Waals surface area contributed by atoms with Crippen molar-refractivity contribution in [2.24, 2.45) is 11.3 Å². The Morgan fingerprint density at radius 1 is 0.837 bits per heavy atom. The van der Waals surface area contributed by atoms with E-state index in [0.717, 1.165) is 59.9 Å². The van der Waals surface area contributed by atoms with Crippen molar-refractivity contribution in [3.05, 3.63) is 31.7 Å². The Bertz CT molecular complexity index is 1280. The summed E-state index contributed by atoms with van der Waals surface area (Å²) in [4.78, 5) is 17.3. The van der Waals surface area contributed by atoms with Crippen LogP contribution in [0.4, 0.5) is 15.4 Å². The lowest BCUT2D eigenvalue weighted by atomic mass is 9.71. The fourth-order valence-electron chi connectivity index (χ4n) is 6.28. The molecule has 0 bridgehead atoms. The number of nitrogens with zero attached hydrogens (tertiary/aromatic N) is 3. The number of thioether (sulfide) groups is 1. The van der Waals surface area contributed by atoms with Crippen molar-refractivity contribution in [1.82, 2.24) is 15.0 Å². The number of aromatic nitrogens is 3. The summed E-state index contributed by atoms with van der Waals surface area (Å²) in [5.74, 6) is 1.93. The van der Waals surface area contributed by atoms with Crippen LogP contribution in [0.25, 0.3) is 0 Å². The highest BCUT2D eigenvalue weighted by atomic mass is 32.2. The van der Waals surface area contributed by atoms with Gasteiger partial charge in [0.2, 0.25) is 0 Å². The standard InChI is InChI=1S/C11H18N2OS.C11H18N2S.C10H16N2S2/c1-3-4-14-9-6-7(2)5-8-10(9)15-11(12)13-8;1-3-11(4-2)6-5-9-8(7-11)13-10(12)14-9;1-2-5-13-7-3-4-9-8(6-7)12-10(11)14-9/h7,9H,3-6H2,1-2H3,(H2,12,13);3-7H2,1-2H3,(H2,12,13);7H,2-6H2,1H3,(H2,11,12). The molecule has 3 heterocycles. The number of hydrogen-bond acceptors (Lipinski definition) is 11. The van der Waals surface area contributed by atoms with Gasteiger partial charge in [0.25, 0.3) is 0 Å². The first-order valence-corrected chi connectivity index (χ1v) is 19.6. The zero-order valence-corrected chi connectivity index (χ0v) is 30.0. The van der Waals surface area contributed by atoms with Crippen LogP contribution in [0.1, 0.15) is 117 Å². The Labute approximate surface area is 275 Å². The minimum absolute atomic E-state index is 0.235. The summed E-state index contributed by atoms with van der Waals surface area (Å²) in [6.07, 6.45) is 14.5. The normalized spacial score (nSPS) is 21.8. The molecule has 3 aromatic heterocycles. The van der Waals surface area contributed by atoms with E-state index in [0.29, 0.717) is 16.5 Å². The monoisotopic (exact) mass is 664 g/mol. The van der Waals surface area contributed by atoms with Crippen LogP contribution in [0, 0.1) is 11.3 Å². The molecule has 0 saturated carbocycles. The molecule has 0 fully saturated rings. The van der Waals surface area contributed by atoms with E-state index in [1.807, 2.05) is 0 Å². The first-order chi connectivity index (χ1) is 20.7. The average Bonchev–Trinajstić information content (AvgIpc) is 3.68. The van der Waals surface area contributed by atoms with E-state index in [2.05, 4.69) is 61.3 Å². The Morgan fingerprint density at radius 2 is 1.49 bits per heavy atom. The van der Waals surface area contributed by atoms with Crippen LogP contribution in [0.3, 0.4) is 0 Å². The summed E-state index contributed by atoms with van der Waals surface area (Å²) >= 11 is 7.04. The maximum atomic E-state index is 5.86. The van der Waals surface area contributed by atoms with Crippen molar-refractivity contribution in [3.8, 4) is 0 Å². The minimum Gasteiger partial charge on any atom is -0.375 e. The minimum atomic E-state index is 0.235. The molecular formula is C32H52N6OS4. The lowest BCUT2D eigenvalue weighted by molar-refractivity contribution is 0.0331. The Hall–Kier alpha value is -1.40. The highest BCUT2D eigenvalue weighted by Gasteiger charge is 2.33. The third kappa shape index (κ3) is 9.31. The van der Waals surface area contributed by atoms with Gasteiger partial charge in [-0.25, -0.2) is 15.0 Å². The maximum Gasteiger partial charge on any atom is 0.180 e. The molecule has 3 aromatic rings. The van der Waals surface area contributed by atoms with Crippen LogP contribution in [-0.4, -0.2) is 32.6 Å². The summed E-state index contributed by atoms with van der Waals surface area (Å²) in [5, 5.41) is 2.96. The highest BCUT2D eigenvalue weighted by Crippen LogP contribution is 2.43. The number of ether oxygens (including phenoxy) is 1. The Kier molecular flexibility index (Phi) is 13.0. The van der Waals surface area contributed by atoms with Crippen molar-refractivity contribution in [2.75, 3.05) is 29.6 Å². The number of aryl methyl sites for hydroxylation is 2. The number of thiazole rings is 3. The molecule has 3 aliphatic rings. The van der Waals surface area contributed by atoms with E-state index in [1.165, 1.54) is 76.7 Å². The summed E-state index contributed by atoms with van der Waals surface area (Å²) < 4.78 is 5.86. The number of nitrogen functional groups attached to an aromatic ring is 3. The van der Waals surface area contributed by atoms with Crippen LogP contribution in [-0.2, 0) is 36.8 Å². The largest absolute Gasteiger partial charge is 0.375 e. The molecule has 3 aliphatic carbocycles. The molecule has 6 rings (SSSR count). The van der Waals surface area contributed by atoms with Crippen LogP contribution < -0.4 is 17.2 Å². The molecule has 43 heavy (non-hydrogen) atoms. The fourth-order valence-corrected chi connectivity index (χ4v) is 10.1. The van der Waals surface area contributed by atoms with Crippen molar-refractivity contribution >= 4 is 61.2 Å². The predicted octanol–water partition coefficient (Wildman–Crippen LogP) is 8.52. The number of anilines is 3. The first-order valence-electron chi connectivity index (χ1n) is 16.1. The molecule has 0 spiro atoms. The molecule has 7 nitrogen and oxygen atoms in total. The van der Waals surface area contributed by atoms with Gasteiger partial charge in [-0.05, 0) is 74.9 Å². The van der Waals surface area contributed by atoms with E-state index in [4.69, 9.17) is 21.9 Å². The van der Waals surface area contributed by atoms with Gasteiger partial charge in [-0.3, -0.25) is 0 Å². The van der Waals surface area contributed by atoms with Gasteiger partial charge in [-0.15, -0.1) is 22.7 Å². The van der Waals surface area contributed by atoms with Gasteiger partial charge in [0.05, 0.1) is 28.1 Å². The molecule has 0 saturated heterocycles. The van der Waals surface area contributed by atoms with Crippen molar-refractivity contribution in [3.63, 3.8) is 0 Å². The van der Waals surface area contributed by atoms with E-state index in [1.54, 1.807) is 34.0 Å². The quantitative estimate of drug-likeness (QED) is 0.219. The molecule has 3 atom stereocenters. The average molecular weight is 665 g/mol. The van der Waals surface area contributed by atoms with Gasteiger partial charge >= 0.3 is 0 Å². The molecular weight excluding hydrogens is 613 g/mol. The lowest BCUT2D eigenvalue weighted by Crippen LogP contribution is -2.27. The summed E-state index contributed by atoms with van der Waals surface area (Å²) in [7, 11) is 0. The van der Waals surface area contributed by atoms with E-state index in [9.17, 15) is 0 Å². The van der Waals surface area contributed by atoms with E-state index >= 15 is 0 Å². The van der Waals surface area contributed by atoms with Crippen LogP contribution in [0.5, 0.6) is 0 Å². The number of rotatable bonds is 8. The van der Waals surface area contributed by atoms with E-state index in [-0.39, 0.29) is 6.10 Å². The Morgan fingerprint density at radius 3 is 2.16 bits per heavy atom. The number of nitrogens with two attached hydrogens (primary N) is 3. The second kappa shape index (κ2) is 16.2. The van der Waals surface area contributed by atoms with Gasteiger partial charge in [-0.1, -0.05) is 58.8 Å². The molecule has 11 heteroatoms. The second-order valence-corrected chi connectivity index (χ2v) is 16.9. The molecule has 0 radical (unpaired) electrons. The third-order valence-electron chi connectivity index (χ3n) is 8.90. The van der Waals surface area contributed by atoms with E-state index < -0.39 is 0 Å². The molecule has 6 N–H and O–H groups in total. The molecule has 0 amide bonds. The first kappa shape index (κ1) is 34.5. The van der Waals surface area contributed by atoms with Gasteiger partial charge in [0, 0.05) is 28.0 Å².